The second kappa shape index (κ2) is 11.0. The molecule has 6 heteroatoms. The van der Waals surface area contributed by atoms with E-state index in [1.165, 1.54) is 44.1 Å². The quantitative estimate of drug-likeness (QED) is 0.347. The van der Waals surface area contributed by atoms with E-state index < -0.39 is 0 Å². The van der Waals surface area contributed by atoms with Crippen LogP contribution < -0.4 is 29.3 Å². The van der Waals surface area contributed by atoms with E-state index in [1.807, 2.05) is 12.1 Å². The van der Waals surface area contributed by atoms with Gasteiger partial charge in [-0.15, -0.1) is 0 Å². The van der Waals surface area contributed by atoms with Gasteiger partial charge in [-0.05, 0) is 56.0 Å². The topological polar surface area (TPSA) is 29.1 Å². The summed E-state index contributed by atoms with van der Waals surface area (Å²) < 4.78 is 1.02. The summed E-state index contributed by atoms with van der Waals surface area (Å²) in [7, 11) is 4.69. The Balaban J connectivity index is 0.00000300. The molecule has 0 heterocycles. The fourth-order valence-electron chi connectivity index (χ4n) is 4.09. The van der Waals surface area contributed by atoms with Crippen LogP contribution in [0, 0.1) is 0 Å². The van der Waals surface area contributed by atoms with Crippen LogP contribution in [0.5, 0.6) is 0 Å². The maximum Gasteiger partial charge on any atom is 0.255 e. The molecule has 0 aliphatic heterocycles. The van der Waals surface area contributed by atoms with Gasteiger partial charge in [-0.1, -0.05) is 48.2 Å². The third kappa shape index (κ3) is 6.84. The molecule has 0 bridgehead atoms. The second-order valence-electron chi connectivity index (χ2n) is 8.36. The van der Waals surface area contributed by atoms with Gasteiger partial charge in [0.25, 0.3) is 5.91 Å². The molecule has 2 aromatic rings. The highest BCUT2D eigenvalue weighted by molar-refractivity contribution is 6.42. The summed E-state index contributed by atoms with van der Waals surface area (Å²) >= 11 is 11.9. The number of hydrogen-bond acceptors (Lipinski definition) is 1. The number of rotatable bonds is 5. The van der Waals surface area contributed by atoms with Crippen LogP contribution in [0.2, 0.25) is 10.0 Å². The molecule has 1 amide bonds. The first kappa shape index (κ1) is 24.4. The number of nitrogens with zero attached hydrogens (tertiary/aromatic N) is 1. The molecule has 1 aliphatic carbocycles. The third-order valence-corrected chi connectivity index (χ3v) is 6.54. The molecule has 158 valence electrons. The fourth-order valence-corrected chi connectivity index (χ4v) is 4.39. The Morgan fingerprint density at radius 3 is 2.17 bits per heavy atom. The maximum absolute atomic E-state index is 12.4. The molecule has 0 spiro atoms. The molecule has 0 unspecified atom stereocenters. The average molecular weight is 547 g/mol. The molecule has 0 aromatic heterocycles. The van der Waals surface area contributed by atoms with Crippen LogP contribution in [-0.2, 0) is 6.54 Å². The summed E-state index contributed by atoms with van der Waals surface area (Å²) in [4.78, 5) is 12.4. The molecule has 1 fully saturated rings. The molecular weight excluding hydrogens is 518 g/mol. The SMILES string of the molecule is C[N+](C)(Cc1ccc(NC(=O)c2ccc(Cl)c(Cl)c2)cc1)C1CCCCCC1.[I-]. The average Bonchev–Trinajstić information content (AvgIpc) is 2.95. The molecule has 29 heavy (non-hydrogen) atoms. The van der Waals surface area contributed by atoms with Crippen molar-refractivity contribution in [1.29, 1.82) is 0 Å². The first-order valence-corrected chi connectivity index (χ1v) is 10.8. The fraction of sp³-hybridized carbons (Fsp3) is 0.435. The molecule has 1 saturated carbocycles. The van der Waals surface area contributed by atoms with Gasteiger partial charge in [0, 0.05) is 16.8 Å². The summed E-state index contributed by atoms with van der Waals surface area (Å²) in [5.74, 6) is -0.194. The van der Waals surface area contributed by atoms with Gasteiger partial charge in [0.1, 0.15) is 6.54 Å². The summed E-state index contributed by atoms with van der Waals surface area (Å²) in [6, 6.07) is 13.8. The van der Waals surface area contributed by atoms with E-state index in [1.54, 1.807) is 18.2 Å². The smallest absolute Gasteiger partial charge is 0.255 e. The molecule has 1 aliphatic rings. The van der Waals surface area contributed by atoms with E-state index >= 15 is 0 Å². The van der Waals surface area contributed by atoms with Crippen molar-refractivity contribution < 1.29 is 33.3 Å². The second-order valence-corrected chi connectivity index (χ2v) is 9.18. The Morgan fingerprint density at radius 1 is 0.966 bits per heavy atom. The van der Waals surface area contributed by atoms with Gasteiger partial charge in [-0.2, -0.15) is 0 Å². The monoisotopic (exact) mass is 546 g/mol. The largest absolute Gasteiger partial charge is 1.00 e. The minimum absolute atomic E-state index is 0. The lowest BCUT2D eigenvalue weighted by molar-refractivity contribution is -0.928. The zero-order valence-electron chi connectivity index (χ0n) is 17.1. The highest BCUT2D eigenvalue weighted by Crippen LogP contribution is 2.27. The van der Waals surface area contributed by atoms with Crippen molar-refractivity contribution in [2.24, 2.45) is 0 Å². The van der Waals surface area contributed by atoms with E-state index in [0.717, 1.165) is 22.8 Å². The lowest BCUT2D eigenvalue weighted by atomic mass is 10.0. The van der Waals surface area contributed by atoms with Gasteiger partial charge in [0.15, 0.2) is 0 Å². The van der Waals surface area contributed by atoms with Crippen molar-refractivity contribution in [3.8, 4) is 0 Å². The number of hydrogen-bond donors (Lipinski definition) is 1. The molecule has 3 rings (SSSR count). The summed E-state index contributed by atoms with van der Waals surface area (Å²) in [5.41, 5.74) is 2.56. The van der Waals surface area contributed by atoms with Crippen LogP contribution >= 0.6 is 23.2 Å². The van der Waals surface area contributed by atoms with E-state index in [4.69, 9.17) is 23.2 Å². The predicted octanol–water partition coefficient (Wildman–Crippen LogP) is 3.55. The van der Waals surface area contributed by atoms with E-state index in [0.29, 0.717) is 15.6 Å². The molecular formula is C23H29Cl2IN2O. The van der Waals surface area contributed by atoms with Gasteiger partial charge >= 0.3 is 0 Å². The Morgan fingerprint density at radius 2 is 1.59 bits per heavy atom. The zero-order valence-corrected chi connectivity index (χ0v) is 20.7. The first-order chi connectivity index (χ1) is 13.3. The van der Waals surface area contributed by atoms with Crippen LogP contribution in [0.3, 0.4) is 0 Å². The van der Waals surface area contributed by atoms with Gasteiger partial charge in [0.05, 0.1) is 30.2 Å². The Hall–Kier alpha value is -0.820. The standard InChI is InChI=1S/C23H28Cl2N2O.HI/c1-27(2,20-7-5-3-4-6-8-20)16-17-9-12-19(13-10-17)26-23(28)18-11-14-21(24)22(25)15-18;/h9-15,20H,3-8,16H2,1-2H3;1H. The number of quaternary nitrogens is 1. The van der Waals surface area contributed by atoms with E-state index in [-0.39, 0.29) is 29.9 Å². The highest BCUT2D eigenvalue weighted by Gasteiger charge is 2.28. The Labute approximate surface area is 201 Å². The summed E-state index contributed by atoms with van der Waals surface area (Å²) in [5, 5.41) is 3.74. The Kier molecular flexibility index (Phi) is 9.26. The number of halogens is 3. The number of carbonyl (C=O) groups excluding carboxylic acids is 1. The van der Waals surface area contributed by atoms with Crippen LogP contribution in [0.15, 0.2) is 42.5 Å². The molecule has 0 saturated heterocycles. The van der Waals surface area contributed by atoms with Crippen molar-refractivity contribution in [3.05, 3.63) is 63.6 Å². The number of carbonyl (C=O) groups is 1. The van der Waals surface area contributed by atoms with Gasteiger partial charge < -0.3 is 33.8 Å². The van der Waals surface area contributed by atoms with E-state index in [9.17, 15) is 4.79 Å². The number of anilines is 1. The normalized spacial score (nSPS) is 15.3. The summed E-state index contributed by atoms with van der Waals surface area (Å²) in [6.45, 7) is 1.01. The van der Waals surface area contributed by atoms with Crippen LogP contribution in [0.25, 0.3) is 0 Å². The summed E-state index contributed by atoms with van der Waals surface area (Å²) in [6.07, 6.45) is 8.11. The Bertz CT molecular complexity index is 816. The molecule has 1 N–H and O–H groups in total. The minimum atomic E-state index is -0.194. The number of amides is 1. The van der Waals surface area contributed by atoms with Crippen LogP contribution in [0.1, 0.15) is 54.4 Å². The first-order valence-electron chi connectivity index (χ1n) is 10.0. The minimum Gasteiger partial charge on any atom is -1.00 e. The van der Waals surface area contributed by atoms with Crippen LogP contribution in [0.4, 0.5) is 5.69 Å². The molecule has 0 radical (unpaired) electrons. The van der Waals surface area contributed by atoms with Crippen molar-refractivity contribution in [3.63, 3.8) is 0 Å². The van der Waals surface area contributed by atoms with Crippen molar-refractivity contribution in [1.82, 2.24) is 0 Å². The molecule has 0 atom stereocenters. The number of benzene rings is 2. The van der Waals surface area contributed by atoms with Crippen molar-refractivity contribution >= 4 is 34.8 Å². The van der Waals surface area contributed by atoms with Crippen LogP contribution in [-0.4, -0.2) is 30.5 Å². The van der Waals surface area contributed by atoms with Gasteiger partial charge in [-0.3, -0.25) is 4.79 Å². The van der Waals surface area contributed by atoms with Gasteiger partial charge in [-0.25, -0.2) is 0 Å². The third-order valence-electron chi connectivity index (χ3n) is 5.80. The number of nitrogens with one attached hydrogen (secondary N) is 1. The lowest BCUT2D eigenvalue weighted by Gasteiger charge is -2.38. The van der Waals surface area contributed by atoms with Crippen molar-refractivity contribution in [2.45, 2.75) is 51.1 Å². The molecule has 3 nitrogen and oxygen atoms in total. The zero-order chi connectivity index (χ0) is 20.1. The molecule has 2 aromatic carbocycles. The predicted molar refractivity (Wildman–Crippen MR) is 118 cm³/mol. The van der Waals surface area contributed by atoms with Crippen molar-refractivity contribution in [2.75, 3.05) is 19.4 Å². The lowest BCUT2D eigenvalue weighted by Crippen LogP contribution is -3.00. The maximum atomic E-state index is 12.4. The van der Waals surface area contributed by atoms with E-state index in [2.05, 4.69) is 31.5 Å². The highest BCUT2D eigenvalue weighted by atomic mass is 127. The van der Waals surface area contributed by atoms with Gasteiger partial charge in [0.2, 0.25) is 0 Å².